The molecule has 7 heteroatoms. The molecule has 4 N–H and O–H groups in total. The predicted octanol–water partition coefficient (Wildman–Crippen LogP) is 5.01. The molecular formula is C23H19F3N4. The molecule has 0 amide bonds. The van der Waals surface area contributed by atoms with Gasteiger partial charge in [0, 0.05) is 29.1 Å². The SMILES string of the molecule is N/C=C\N=C(N)c1cc(N=C(c2ccccc2)c2ccccc2)ccc1C(F)(F)F. The fourth-order valence-electron chi connectivity index (χ4n) is 2.87. The molecule has 0 fully saturated rings. The van der Waals surface area contributed by atoms with Crippen LogP contribution in [-0.2, 0) is 6.18 Å². The second-order valence-electron chi connectivity index (χ2n) is 6.28. The van der Waals surface area contributed by atoms with Crippen LogP contribution < -0.4 is 11.5 Å². The number of aliphatic imine (C=N–C) groups is 2. The number of nitrogens with zero attached hydrogens (tertiary/aromatic N) is 2. The second-order valence-corrected chi connectivity index (χ2v) is 6.28. The van der Waals surface area contributed by atoms with Crippen LogP contribution in [0.25, 0.3) is 0 Å². The van der Waals surface area contributed by atoms with Crippen LogP contribution in [0.4, 0.5) is 18.9 Å². The quantitative estimate of drug-likeness (QED) is 0.460. The summed E-state index contributed by atoms with van der Waals surface area (Å²) < 4.78 is 40.4. The number of rotatable bonds is 5. The molecule has 0 bridgehead atoms. The van der Waals surface area contributed by atoms with Crippen LogP contribution in [0.15, 0.2) is 101 Å². The first-order valence-corrected chi connectivity index (χ1v) is 9.01. The molecule has 30 heavy (non-hydrogen) atoms. The summed E-state index contributed by atoms with van der Waals surface area (Å²) >= 11 is 0. The van der Waals surface area contributed by atoms with Gasteiger partial charge in [-0.25, -0.2) is 9.98 Å². The molecule has 0 aliphatic carbocycles. The van der Waals surface area contributed by atoms with Gasteiger partial charge in [-0.1, -0.05) is 60.7 Å². The van der Waals surface area contributed by atoms with E-state index in [9.17, 15) is 13.2 Å². The maximum absolute atomic E-state index is 13.5. The Bertz CT molecular complexity index is 1040. The van der Waals surface area contributed by atoms with Crippen molar-refractivity contribution in [1.82, 2.24) is 0 Å². The Morgan fingerprint density at radius 1 is 0.833 bits per heavy atom. The van der Waals surface area contributed by atoms with E-state index in [2.05, 4.69) is 9.98 Å². The standard InChI is InChI=1S/C23H19F3N4/c24-23(25,26)20-12-11-18(15-19(20)22(28)29-14-13-27)30-21(16-7-3-1-4-8-16)17-9-5-2-6-10-17/h1-15H,27H2,(H2,28,29)/b14-13-. The zero-order valence-corrected chi connectivity index (χ0v) is 15.8. The summed E-state index contributed by atoms with van der Waals surface area (Å²) in [6, 6.07) is 22.3. The third kappa shape index (κ3) is 4.94. The summed E-state index contributed by atoms with van der Waals surface area (Å²) in [6.07, 6.45) is -2.37. The van der Waals surface area contributed by atoms with Crippen molar-refractivity contribution < 1.29 is 13.2 Å². The van der Waals surface area contributed by atoms with Crippen LogP contribution >= 0.6 is 0 Å². The van der Waals surface area contributed by atoms with Gasteiger partial charge in [-0.3, -0.25) is 0 Å². The summed E-state index contributed by atoms with van der Waals surface area (Å²) in [5.41, 5.74) is 12.5. The minimum absolute atomic E-state index is 0.262. The molecule has 152 valence electrons. The fourth-order valence-corrected chi connectivity index (χ4v) is 2.87. The van der Waals surface area contributed by atoms with E-state index >= 15 is 0 Å². The summed E-state index contributed by atoms with van der Waals surface area (Å²) in [4.78, 5) is 8.41. The summed E-state index contributed by atoms with van der Waals surface area (Å²) in [5, 5.41) is 0. The van der Waals surface area contributed by atoms with E-state index in [1.54, 1.807) is 0 Å². The average molecular weight is 408 g/mol. The van der Waals surface area contributed by atoms with Crippen molar-refractivity contribution >= 4 is 17.2 Å². The van der Waals surface area contributed by atoms with Gasteiger partial charge in [0.25, 0.3) is 0 Å². The first-order valence-electron chi connectivity index (χ1n) is 9.01. The van der Waals surface area contributed by atoms with Gasteiger partial charge >= 0.3 is 6.18 Å². The Kier molecular flexibility index (Phi) is 6.32. The summed E-state index contributed by atoms with van der Waals surface area (Å²) in [5.74, 6) is -0.304. The van der Waals surface area contributed by atoms with Crippen LogP contribution in [0.3, 0.4) is 0 Å². The second kappa shape index (κ2) is 9.09. The zero-order chi connectivity index (χ0) is 21.6. The predicted molar refractivity (Wildman–Crippen MR) is 114 cm³/mol. The Morgan fingerprint density at radius 2 is 1.40 bits per heavy atom. The molecule has 0 aromatic heterocycles. The molecule has 0 atom stereocenters. The third-order valence-corrected chi connectivity index (χ3v) is 4.22. The Hall–Kier alpha value is -3.87. The maximum atomic E-state index is 13.5. The van der Waals surface area contributed by atoms with Gasteiger partial charge in [0.15, 0.2) is 0 Å². The molecule has 0 heterocycles. The Balaban J connectivity index is 2.18. The number of hydrogen-bond donors (Lipinski definition) is 2. The normalized spacial score (nSPS) is 12.2. The van der Waals surface area contributed by atoms with Gasteiger partial charge < -0.3 is 11.5 Å². The summed E-state index contributed by atoms with van der Waals surface area (Å²) in [7, 11) is 0. The molecule has 0 spiro atoms. The molecule has 0 saturated carbocycles. The number of halogens is 3. The molecule has 3 rings (SSSR count). The molecule has 0 unspecified atom stereocenters. The van der Waals surface area contributed by atoms with Crippen molar-refractivity contribution in [1.29, 1.82) is 0 Å². The lowest BCUT2D eigenvalue weighted by Crippen LogP contribution is -2.19. The Morgan fingerprint density at radius 3 is 1.90 bits per heavy atom. The fraction of sp³-hybridized carbons (Fsp3) is 0.0435. The first-order chi connectivity index (χ1) is 14.4. The van der Waals surface area contributed by atoms with Gasteiger partial charge in [-0.05, 0) is 18.2 Å². The smallest absolute Gasteiger partial charge is 0.403 e. The number of benzene rings is 3. The van der Waals surface area contributed by atoms with Crippen molar-refractivity contribution in [3.8, 4) is 0 Å². The molecule has 4 nitrogen and oxygen atoms in total. The molecule has 0 radical (unpaired) electrons. The van der Waals surface area contributed by atoms with Crippen molar-refractivity contribution in [3.05, 3.63) is 114 Å². The van der Waals surface area contributed by atoms with Crippen LogP contribution in [0, 0.1) is 0 Å². The highest BCUT2D eigenvalue weighted by Crippen LogP contribution is 2.34. The molecule has 0 saturated heterocycles. The van der Waals surface area contributed by atoms with Crippen molar-refractivity contribution in [3.63, 3.8) is 0 Å². The average Bonchev–Trinajstić information content (AvgIpc) is 2.76. The lowest BCUT2D eigenvalue weighted by molar-refractivity contribution is -0.137. The van der Waals surface area contributed by atoms with Gasteiger partial charge in [0.1, 0.15) is 5.84 Å². The topological polar surface area (TPSA) is 76.8 Å². The van der Waals surface area contributed by atoms with Gasteiger partial charge in [0.05, 0.1) is 17.0 Å². The number of alkyl halides is 3. The molecular weight excluding hydrogens is 389 g/mol. The minimum Gasteiger partial charge on any atom is -0.403 e. The highest BCUT2D eigenvalue weighted by molar-refractivity contribution is 6.14. The van der Waals surface area contributed by atoms with Gasteiger partial charge in [-0.2, -0.15) is 13.2 Å². The maximum Gasteiger partial charge on any atom is 0.417 e. The van der Waals surface area contributed by atoms with E-state index in [1.165, 1.54) is 12.1 Å². The van der Waals surface area contributed by atoms with E-state index in [4.69, 9.17) is 11.5 Å². The number of amidine groups is 1. The Labute approximate surface area is 172 Å². The van der Waals surface area contributed by atoms with E-state index in [1.807, 2.05) is 60.7 Å². The van der Waals surface area contributed by atoms with Crippen LogP contribution in [-0.4, -0.2) is 11.5 Å². The van der Waals surface area contributed by atoms with Crippen molar-refractivity contribution in [2.24, 2.45) is 21.5 Å². The molecule has 0 aliphatic rings. The largest absolute Gasteiger partial charge is 0.417 e. The molecule has 3 aromatic carbocycles. The van der Waals surface area contributed by atoms with Gasteiger partial charge in [-0.15, -0.1) is 0 Å². The highest BCUT2D eigenvalue weighted by atomic mass is 19.4. The third-order valence-electron chi connectivity index (χ3n) is 4.22. The monoisotopic (exact) mass is 408 g/mol. The highest BCUT2D eigenvalue weighted by Gasteiger charge is 2.34. The van der Waals surface area contributed by atoms with E-state index in [0.717, 1.165) is 29.6 Å². The molecule has 3 aromatic rings. The van der Waals surface area contributed by atoms with Crippen LogP contribution in [0.1, 0.15) is 22.3 Å². The van der Waals surface area contributed by atoms with Crippen molar-refractivity contribution in [2.75, 3.05) is 0 Å². The van der Waals surface area contributed by atoms with E-state index in [0.29, 0.717) is 11.4 Å². The number of nitrogens with two attached hydrogens (primary N) is 2. The first kappa shape index (κ1) is 20.9. The summed E-state index contributed by atoms with van der Waals surface area (Å²) in [6.45, 7) is 0. The van der Waals surface area contributed by atoms with Crippen LogP contribution in [0.5, 0.6) is 0 Å². The number of hydrogen-bond acceptors (Lipinski definition) is 3. The van der Waals surface area contributed by atoms with E-state index in [-0.39, 0.29) is 11.4 Å². The lowest BCUT2D eigenvalue weighted by atomic mass is 10.0. The van der Waals surface area contributed by atoms with Crippen LogP contribution in [0.2, 0.25) is 0 Å². The minimum atomic E-state index is -4.59. The molecule has 0 aliphatic heterocycles. The lowest BCUT2D eigenvalue weighted by Gasteiger charge is -2.14. The van der Waals surface area contributed by atoms with Crippen molar-refractivity contribution in [2.45, 2.75) is 6.18 Å². The van der Waals surface area contributed by atoms with Gasteiger partial charge in [0.2, 0.25) is 0 Å². The zero-order valence-electron chi connectivity index (χ0n) is 15.8. The van der Waals surface area contributed by atoms with E-state index < -0.39 is 11.7 Å².